The zero-order valence-electron chi connectivity index (χ0n) is 22.5. The van der Waals surface area contributed by atoms with Gasteiger partial charge in [0.2, 0.25) is 0 Å². The maximum absolute atomic E-state index is 13.5. The lowest BCUT2D eigenvalue weighted by atomic mass is 10.0. The first-order chi connectivity index (χ1) is 20.3. The molecule has 0 unspecified atom stereocenters. The second-order valence-electron chi connectivity index (χ2n) is 9.52. The highest BCUT2D eigenvalue weighted by atomic mass is 32.2. The third kappa shape index (κ3) is 5.60. The zero-order chi connectivity index (χ0) is 29.3. The molecule has 3 aromatic carbocycles. The first-order valence-electron chi connectivity index (χ1n) is 13.2. The van der Waals surface area contributed by atoms with E-state index in [2.05, 4.69) is 10.0 Å². The standard InChI is InChI=1S/C30H26N4O5S3/c1-2-39-30(36)34-16-15-22-25(18-34)41-29(26(22)28-31-23-13-6-7-14-24(23)40-28)32-27(35)19-9-8-10-20(17-19)33-42(37,38)21-11-4-3-5-12-21/h3-14,17,33H,2,15-16,18H2,1H3,(H,32,35). The minimum atomic E-state index is -3.82. The van der Waals surface area contributed by atoms with E-state index in [0.29, 0.717) is 31.1 Å². The quantitative estimate of drug-likeness (QED) is 0.212. The summed E-state index contributed by atoms with van der Waals surface area (Å²) in [5.41, 5.74) is 3.34. The number of nitrogens with one attached hydrogen (secondary N) is 2. The van der Waals surface area contributed by atoms with Crippen molar-refractivity contribution < 1.29 is 22.7 Å². The molecule has 1 aliphatic heterocycles. The molecule has 6 rings (SSSR count). The summed E-state index contributed by atoms with van der Waals surface area (Å²) in [4.78, 5) is 33.6. The molecule has 1 aliphatic rings. The average molecular weight is 619 g/mol. The molecule has 3 heterocycles. The smallest absolute Gasteiger partial charge is 0.410 e. The van der Waals surface area contributed by atoms with Crippen molar-refractivity contribution in [1.82, 2.24) is 9.88 Å². The molecule has 9 nitrogen and oxygen atoms in total. The van der Waals surface area contributed by atoms with Crippen LogP contribution in [0.3, 0.4) is 0 Å². The predicted molar refractivity (Wildman–Crippen MR) is 166 cm³/mol. The molecule has 0 radical (unpaired) electrons. The van der Waals surface area contributed by atoms with Crippen LogP contribution in [0, 0.1) is 0 Å². The molecule has 0 aliphatic carbocycles. The van der Waals surface area contributed by atoms with E-state index >= 15 is 0 Å². The number of ether oxygens (including phenoxy) is 1. The fourth-order valence-corrected chi connectivity index (χ4v) is 8.22. The predicted octanol–water partition coefficient (Wildman–Crippen LogP) is 6.59. The molecule has 2 aromatic heterocycles. The van der Waals surface area contributed by atoms with Gasteiger partial charge in [-0.15, -0.1) is 22.7 Å². The molecule has 0 saturated heterocycles. The SMILES string of the molecule is CCOC(=O)N1CCc2c(sc(NC(=O)c3cccc(NS(=O)(=O)c4ccccc4)c3)c2-c2nc3ccccc3s2)C1. The number of thiophene rings is 1. The van der Waals surface area contributed by atoms with Gasteiger partial charge in [0.15, 0.2) is 0 Å². The van der Waals surface area contributed by atoms with Gasteiger partial charge in [-0.3, -0.25) is 9.52 Å². The number of thiazole rings is 1. The molecular weight excluding hydrogens is 593 g/mol. The van der Waals surface area contributed by atoms with E-state index in [1.165, 1.54) is 29.5 Å². The van der Waals surface area contributed by atoms with E-state index in [0.717, 1.165) is 31.2 Å². The fourth-order valence-electron chi connectivity index (χ4n) is 4.78. The maximum Gasteiger partial charge on any atom is 0.410 e. The monoisotopic (exact) mass is 618 g/mol. The van der Waals surface area contributed by atoms with Crippen molar-refractivity contribution in [2.45, 2.75) is 24.8 Å². The second-order valence-corrected chi connectivity index (χ2v) is 13.3. The zero-order valence-corrected chi connectivity index (χ0v) is 24.9. The van der Waals surface area contributed by atoms with Crippen molar-refractivity contribution in [3.8, 4) is 10.6 Å². The molecule has 0 saturated carbocycles. The van der Waals surface area contributed by atoms with Crippen molar-refractivity contribution in [3.63, 3.8) is 0 Å². The molecule has 5 aromatic rings. The number of anilines is 2. The largest absolute Gasteiger partial charge is 0.450 e. The highest BCUT2D eigenvalue weighted by molar-refractivity contribution is 7.92. The fraction of sp³-hybridized carbons (Fsp3) is 0.167. The minimum Gasteiger partial charge on any atom is -0.450 e. The van der Waals surface area contributed by atoms with Crippen LogP contribution >= 0.6 is 22.7 Å². The van der Waals surface area contributed by atoms with Crippen molar-refractivity contribution >= 4 is 65.6 Å². The Morgan fingerprint density at radius 3 is 2.57 bits per heavy atom. The highest BCUT2D eigenvalue weighted by Gasteiger charge is 2.30. The number of rotatable bonds is 7. The van der Waals surface area contributed by atoms with Crippen LogP contribution in [-0.2, 0) is 27.7 Å². The Kier molecular flexibility index (Phi) is 7.67. The van der Waals surface area contributed by atoms with Gasteiger partial charge in [-0.1, -0.05) is 36.4 Å². The van der Waals surface area contributed by atoms with Gasteiger partial charge in [0.05, 0.1) is 28.3 Å². The average Bonchev–Trinajstić information content (AvgIpc) is 3.58. The van der Waals surface area contributed by atoms with Gasteiger partial charge in [-0.05, 0) is 61.4 Å². The Morgan fingerprint density at radius 2 is 1.79 bits per heavy atom. The van der Waals surface area contributed by atoms with Crippen molar-refractivity contribution in [3.05, 3.63) is 94.9 Å². The number of sulfonamides is 1. The summed E-state index contributed by atoms with van der Waals surface area (Å²) in [6, 6.07) is 22.3. The van der Waals surface area contributed by atoms with Gasteiger partial charge in [0.25, 0.3) is 15.9 Å². The summed E-state index contributed by atoms with van der Waals surface area (Å²) in [7, 11) is -3.82. The normalized spacial score (nSPS) is 13.0. The van der Waals surface area contributed by atoms with Gasteiger partial charge in [0.1, 0.15) is 10.0 Å². The number of benzene rings is 3. The lowest BCUT2D eigenvalue weighted by molar-refractivity contribution is 0.102. The van der Waals surface area contributed by atoms with Crippen LogP contribution in [0.25, 0.3) is 20.8 Å². The first kappa shape index (κ1) is 27.9. The van der Waals surface area contributed by atoms with Gasteiger partial charge >= 0.3 is 6.09 Å². The molecule has 0 bridgehead atoms. The number of nitrogens with zero attached hydrogens (tertiary/aromatic N) is 2. The van der Waals surface area contributed by atoms with Crippen LogP contribution in [0.5, 0.6) is 0 Å². The van der Waals surface area contributed by atoms with Crippen LogP contribution in [0.1, 0.15) is 27.7 Å². The molecule has 0 fully saturated rings. The van der Waals surface area contributed by atoms with Crippen molar-refractivity contribution in [2.24, 2.45) is 0 Å². The number of fused-ring (bicyclic) bond motifs is 2. The van der Waals surface area contributed by atoms with Gasteiger partial charge < -0.3 is 15.0 Å². The van der Waals surface area contributed by atoms with E-state index in [1.54, 1.807) is 59.6 Å². The third-order valence-electron chi connectivity index (χ3n) is 6.75. The second kappa shape index (κ2) is 11.6. The maximum atomic E-state index is 13.5. The first-order valence-corrected chi connectivity index (χ1v) is 16.4. The minimum absolute atomic E-state index is 0.126. The number of para-hydroxylation sites is 1. The molecule has 0 atom stereocenters. The summed E-state index contributed by atoms with van der Waals surface area (Å²) < 4.78 is 34.4. The van der Waals surface area contributed by atoms with E-state index in [-0.39, 0.29) is 28.1 Å². The Labute approximate surface area is 250 Å². The molecule has 2 N–H and O–H groups in total. The number of aromatic nitrogens is 1. The van der Waals surface area contributed by atoms with Gasteiger partial charge in [-0.2, -0.15) is 0 Å². The molecule has 214 valence electrons. The van der Waals surface area contributed by atoms with Crippen molar-refractivity contribution in [2.75, 3.05) is 23.2 Å². The number of hydrogen-bond donors (Lipinski definition) is 2. The summed E-state index contributed by atoms with van der Waals surface area (Å²) >= 11 is 2.96. The van der Waals surface area contributed by atoms with Gasteiger partial charge in [-0.25, -0.2) is 18.2 Å². The third-order valence-corrected chi connectivity index (χ3v) is 10.3. The number of carbonyl (C=O) groups is 2. The Hall–Kier alpha value is -4.26. The molecule has 2 amide bonds. The van der Waals surface area contributed by atoms with Crippen LogP contribution in [0.15, 0.2) is 83.8 Å². The summed E-state index contributed by atoms with van der Waals surface area (Å²) in [5, 5.41) is 4.47. The van der Waals surface area contributed by atoms with E-state index in [9.17, 15) is 18.0 Å². The summed E-state index contributed by atoms with van der Waals surface area (Å²) in [6.45, 7) is 2.95. The molecular formula is C30H26N4O5S3. The lowest BCUT2D eigenvalue weighted by Gasteiger charge is -2.26. The number of carbonyl (C=O) groups excluding carboxylic acids is 2. The van der Waals surface area contributed by atoms with Crippen LogP contribution in [0.2, 0.25) is 0 Å². The number of amides is 2. The molecule has 0 spiro atoms. The summed E-state index contributed by atoms with van der Waals surface area (Å²) in [6.07, 6.45) is 0.237. The Morgan fingerprint density at radius 1 is 1.00 bits per heavy atom. The lowest BCUT2D eigenvalue weighted by Crippen LogP contribution is -2.35. The van der Waals surface area contributed by atoms with Crippen LogP contribution in [-0.4, -0.2) is 43.5 Å². The summed E-state index contributed by atoms with van der Waals surface area (Å²) in [5.74, 6) is -0.390. The van der Waals surface area contributed by atoms with E-state index in [1.807, 2.05) is 24.3 Å². The van der Waals surface area contributed by atoms with Gasteiger partial charge in [0, 0.05) is 28.2 Å². The number of hydrogen-bond acceptors (Lipinski definition) is 8. The van der Waals surface area contributed by atoms with Crippen molar-refractivity contribution in [1.29, 1.82) is 0 Å². The Bertz CT molecular complexity index is 1870. The Balaban J connectivity index is 1.32. The topological polar surface area (TPSA) is 118 Å². The van der Waals surface area contributed by atoms with Crippen LogP contribution < -0.4 is 10.0 Å². The van der Waals surface area contributed by atoms with E-state index in [4.69, 9.17) is 9.72 Å². The van der Waals surface area contributed by atoms with Crippen LogP contribution in [0.4, 0.5) is 15.5 Å². The highest BCUT2D eigenvalue weighted by Crippen LogP contribution is 2.46. The molecule has 12 heteroatoms. The van der Waals surface area contributed by atoms with E-state index < -0.39 is 10.0 Å². The molecule has 42 heavy (non-hydrogen) atoms.